The Morgan fingerprint density at radius 3 is 2.12 bits per heavy atom. The predicted octanol–water partition coefficient (Wildman–Crippen LogP) is 5.10. The van der Waals surface area contributed by atoms with Crippen LogP contribution in [0.5, 0.6) is 0 Å². The van der Waals surface area contributed by atoms with Gasteiger partial charge in [-0.05, 0) is 41.8 Å². The molecule has 1 aliphatic heterocycles. The fourth-order valence-electron chi connectivity index (χ4n) is 4.46. The van der Waals surface area contributed by atoms with E-state index in [4.69, 9.17) is 9.51 Å². The molecule has 168 valence electrons. The number of aromatic nitrogens is 2. The molecular weight excluding hydrogens is 415 g/mol. The molecule has 0 aliphatic carbocycles. The summed E-state index contributed by atoms with van der Waals surface area (Å²) in [6, 6.07) is 27.3. The van der Waals surface area contributed by atoms with E-state index < -0.39 is 0 Å². The first-order valence-corrected chi connectivity index (χ1v) is 11.4. The molecule has 0 saturated carbocycles. The summed E-state index contributed by atoms with van der Waals surface area (Å²) < 4.78 is 19.0. The molecule has 4 aromatic rings. The molecule has 1 aromatic heterocycles. The first-order valence-electron chi connectivity index (χ1n) is 11.4. The van der Waals surface area contributed by atoms with Gasteiger partial charge in [-0.1, -0.05) is 65.8 Å². The lowest BCUT2D eigenvalue weighted by Crippen LogP contribution is -2.30. The van der Waals surface area contributed by atoms with Crippen molar-refractivity contribution in [2.45, 2.75) is 18.9 Å². The van der Waals surface area contributed by atoms with Crippen LogP contribution in [0.4, 0.5) is 10.1 Å². The van der Waals surface area contributed by atoms with E-state index in [1.54, 1.807) is 0 Å². The third-order valence-electron chi connectivity index (χ3n) is 6.15. The number of rotatable bonds is 6. The Labute approximate surface area is 193 Å². The third-order valence-corrected chi connectivity index (χ3v) is 6.15. The van der Waals surface area contributed by atoms with Gasteiger partial charge >= 0.3 is 0 Å². The summed E-state index contributed by atoms with van der Waals surface area (Å²) in [5.41, 5.74) is 3.34. The number of hydrogen-bond acceptors (Lipinski definition) is 5. The minimum atomic E-state index is -0.202. The SMILES string of the molecule is Fc1ccc(N2CCCN(Cc3nc(C(c4ccccc4)c4ccccc4)no3)CC2)cc1. The summed E-state index contributed by atoms with van der Waals surface area (Å²) in [4.78, 5) is 9.45. The molecule has 0 N–H and O–H groups in total. The molecule has 3 aromatic carbocycles. The Morgan fingerprint density at radius 2 is 1.45 bits per heavy atom. The molecule has 1 saturated heterocycles. The highest BCUT2D eigenvalue weighted by molar-refractivity contribution is 5.46. The van der Waals surface area contributed by atoms with Crippen LogP contribution < -0.4 is 4.90 Å². The highest BCUT2D eigenvalue weighted by atomic mass is 19.1. The Hall–Kier alpha value is -3.51. The number of halogens is 1. The summed E-state index contributed by atoms with van der Waals surface area (Å²) in [7, 11) is 0. The van der Waals surface area contributed by atoms with E-state index in [0.29, 0.717) is 18.3 Å². The fourth-order valence-corrected chi connectivity index (χ4v) is 4.46. The second-order valence-electron chi connectivity index (χ2n) is 8.39. The lowest BCUT2D eigenvalue weighted by molar-refractivity contribution is 0.239. The highest BCUT2D eigenvalue weighted by Crippen LogP contribution is 2.30. The van der Waals surface area contributed by atoms with E-state index in [2.05, 4.69) is 39.2 Å². The lowest BCUT2D eigenvalue weighted by Gasteiger charge is -2.23. The Balaban J connectivity index is 1.29. The molecule has 0 atom stereocenters. The standard InChI is InChI=1S/C27H27FN4O/c28-23-12-14-24(15-13-23)32-17-7-16-31(18-19-32)20-25-29-27(30-33-25)26(21-8-3-1-4-9-21)22-10-5-2-6-11-22/h1-6,8-15,26H,7,16-20H2. The van der Waals surface area contributed by atoms with Crippen LogP contribution in [-0.4, -0.2) is 41.2 Å². The van der Waals surface area contributed by atoms with E-state index in [0.717, 1.165) is 49.4 Å². The molecule has 1 fully saturated rings. The second kappa shape index (κ2) is 9.96. The summed E-state index contributed by atoms with van der Waals surface area (Å²) >= 11 is 0. The van der Waals surface area contributed by atoms with Gasteiger partial charge in [-0.15, -0.1) is 0 Å². The summed E-state index contributed by atoms with van der Waals surface area (Å²) in [6.45, 7) is 4.29. The van der Waals surface area contributed by atoms with E-state index in [9.17, 15) is 4.39 Å². The van der Waals surface area contributed by atoms with E-state index in [-0.39, 0.29) is 11.7 Å². The Kier molecular flexibility index (Phi) is 6.44. The van der Waals surface area contributed by atoms with Crippen molar-refractivity contribution in [1.29, 1.82) is 0 Å². The maximum Gasteiger partial charge on any atom is 0.240 e. The minimum absolute atomic E-state index is 0.0667. The lowest BCUT2D eigenvalue weighted by atomic mass is 9.91. The fraction of sp³-hybridized carbons (Fsp3) is 0.259. The van der Waals surface area contributed by atoms with Crippen molar-refractivity contribution >= 4 is 5.69 Å². The van der Waals surface area contributed by atoms with Crippen LogP contribution in [0.25, 0.3) is 0 Å². The monoisotopic (exact) mass is 442 g/mol. The second-order valence-corrected chi connectivity index (χ2v) is 8.39. The molecule has 0 radical (unpaired) electrons. The van der Waals surface area contributed by atoms with E-state index in [1.807, 2.05) is 48.5 Å². The van der Waals surface area contributed by atoms with Gasteiger partial charge in [0.25, 0.3) is 0 Å². The quantitative estimate of drug-likeness (QED) is 0.416. The molecule has 6 heteroatoms. The highest BCUT2D eigenvalue weighted by Gasteiger charge is 2.24. The summed E-state index contributed by atoms with van der Waals surface area (Å²) in [5, 5.41) is 4.37. The van der Waals surface area contributed by atoms with Crippen molar-refractivity contribution in [1.82, 2.24) is 15.0 Å². The average Bonchev–Trinajstić information content (AvgIpc) is 3.18. The van der Waals surface area contributed by atoms with Gasteiger partial charge in [0.1, 0.15) is 5.82 Å². The van der Waals surface area contributed by atoms with Crippen molar-refractivity contribution < 1.29 is 8.91 Å². The average molecular weight is 443 g/mol. The van der Waals surface area contributed by atoms with Gasteiger partial charge in [0.05, 0.1) is 12.5 Å². The number of nitrogens with zero attached hydrogens (tertiary/aromatic N) is 4. The van der Waals surface area contributed by atoms with Crippen LogP contribution in [0.3, 0.4) is 0 Å². The van der Waals surface area contributed by atoms with Crippen molar-refractivity contribution in [3.05, 3.63) is 114 Å². The Morgan fingerprint density at radius 1 is 0.788 bits per heavy atom. The minimum Gasteiger partial charge on any atom is -0.370 e. The van der Waals surface area contributed by atoms with Gasteiger partial charge in [0.15, 0.2) is 5.82 Å². The molecule has 5 rings (SSSR count). The maximum atomic E-state index is 13.3. The van der Waals surface area contributed by atoms with Crippen molar-refractivity contribution in [2.75, 3.05) is 31.1 Å². The molecule has 2 heterocycles. The van der Waals surface area contributed by atoms with Gasteiger partial charge in [-0.2, -0.15) is 4.98 Å². The van der Waals surface area contributed by atoms with Crippen molar-refractivity contribution in [3.63, 3.8) is 0 Å². The number of hydrogen-bond donors (Lipinski definition) is 0. The number of anilines is 1. The van der Waals surface area contributed by atoms with E-state index >= 15 is 0 Å². The van der Waals surface area contributed by atoms with Crippen LogP contribution in [-0.2, 0) is 6.54 Å². The maximum absolute atomic E-state index is 13.3. The zero-order valence-electron chi connectivity index (χ0n) is 18.5. The van der Waals surface area contributed by atoms with Gasteiger partial charge in [0.2, 0.25) is 5.89 Å². The van der Waals surface area contributed by atoms with Gasteiger partial charge in [-0.25, -0.2) is 4.39 Å². The van der Waals surface area contributed by atoms with Crippen molar-refractivity contribution in [2.24, 2.45) is 0 Å². The zero-order chi connectivity index (χ0) is 22.5. The number of benzene rings is 3. The van der Waals surface area contributed by atoms with Gasteiger partial charge in [0, 0.05) is 31.9 Å². The van der Waals surface area contributed by atoms with Gasteiger partial charge in [-0.3, -0.25) is 4.90 Å². The molecule has 0 spiro atoms. The molecule has 33 heavy (non-hydrogen) atoms. The van der Waals surface area contributed by atoms with Crippen LogP contribution >= 0.6 is 0 Å². The Bertz CT molecular complexity index is 1110. The molecule has 1 aliphatic rings. The zero-order valence-corrected chi connectivity index (χ0v) is 18.5. The van der Waals surface area contributed by atoms with Crippen LogP contribution in [0, 0.1) is 5.82 Å². The summed E-state index contributed by atoms with van der Waals surface area (Å²) in [5.74, 6) is 1.05. The van der Waals surface area contributed by atoms with E-state index in [1.165, 1.54) is 12.1 Å². The topological polar surface area (TPSA) is 45.4 Å². The van der Waals surface area contributed by atoms with Crippen LogP contribution in [0.2, 0.25) is 0 Å². The molecule has 0 bridgehead atoms. The smallest absolute Gasteiger partial charge is 0.240 e. The van der Waals surface area contributed by atoms with Crippen LogP contribution in [0.1, 0.15) is 35.2 Å². The first-order chi connectivity index (χ1) is 16.3. The molecule has 5 nitrogen and oxygen atoms in total. The third kappa shape index (κ3) is 5.12. The largest absolute Gasteiger partial charge is 0.370 e. The summed E-state index contributed by atoms with van der Waals surface area (Å²) in [6.07, 6.45) is 1.02. The normalized spacial score (nSPS) is 15.0. The molecule has 0 amide bonds. The first kappa shape index (κ1) is 21.3. The predicted molar refractivity (Wildman–Crippen MR) is 127 cm³/mol. The molecular formula is C27H27FN4O. The van der Waals surface area contributed by atoms with Gasteiger partial charge < -0.3 is 9.42 Å². The van der Waals surface area contributed by atoms with Crippen molar-refractivity contribution in [3.8, 4) is 0 Å². The molecule has 0 unspecified atom stereocenters. The van der Waals surface area contributed by atoms with Crippen LogP contribution in [0.15, 0.2) is 89.5 Å².